The van der Waals surface area contributed by atoms with Crippen LogP contribution in [0.3, 0.4) is 0 Å². The molecule has 1 N–H and O–H groups in total. The van der Waals surface area contributed by atoms with E-state index in [9.17, 15) is 9.59 Å². The molecule has 1 atom stereocenters. The summed E-state index contributed by atoms with van der Waals surface area (Å²) >= 11 is 5.96. The van der Waals surface area contributed by atoms with Crippen LogP contribution in [0.5, 0.6) is 5.75 Å². The summed E-state index contributed by atoms with van der Waals surface area (Å²) in [7, 11) is 1.54. The molecule has 1 aliphatic rings. The third kappa shape index (κ3) is 5.79. The average molecular weight is 497 g/mol. The van der Waals surface area contributed by atoms with E-state index >= 15 is 0 Å². The molecular formula is C25H29ClN6O3. The molecule has 0 saturated heterocycles. The molecule has 0 radical (unpaired) electrons. The number of aromatic nitrogens is 4. The van der Waals surface area contributed by atoms with Crippen LogP contribution in [0.25, 0.3) is 11.4 Å². The van der Waals surface area contributed by atoms with E-state index in [1.54, 1.807) is 37.3 Å². The maximum Gasteiger partial charge on any atom is 0.251 e. The van der Waals surface area contributed by atoms with E-state index in [1.807, 2.05) is 19.1 Å². The van der Waals surface area contributed by atoms with E-state index in [0.29, 0.717) is 22.3 Å². The number of hydrogen-bond acceptors (Lipinski definition) is 6. The fraction of sp³-hybridized carbons (Fsp3) is 0.400. The molecule has 10 heteroatoms. The Hall–Kier alpha value is -3.46. The second-order valence-electron chi connectivity index (χ2n) is 8.76. The van der Waals surface area contributed by atoms with Gasteiger partial charge in [0.2, 0.25) is 11.7 Å². The molecule has 1 heterocycles. The SMILES string of the molecule is COc1ccc(C)cc1N(C(=O)Cn1nnc(-c2ccc(Cl)cc2)n1)C(C)C(=O)NC1CCCC1. The lowest BCUT2D eigenvalue weighted by Crippen LogP contribution is -2.51. The molecule has 9 nitrogen and oxygen atoms in total. The highest BCUT2D eigenvalue weighted by Crippen LogP contribution is 2.31. The monoisotopic (exact) mass is 496 g/mol. The molecule has 3 aromatic rings. The largest absolute Gasteiger partial charge is 0.495 e. The Bertz CT molecular complexity index is 1190. The first-order chi connectivity index (χ1) is 16.9. The zero-order valence-electron chi connectivity index (χ0n) is 20.1. The molecule has 2 amide bonds. The van der Waals surface area contributed by atoms with Crippen LogP contribution < -0.4 is 15.0 Å². The van der Waals surface area contributed by atoms with Crippen molar-refractivity contribution in [1.29, 1.82) is 0 Å². The van der Waals surface area contributed by atoms with Crippen LogP contribution in [0.4, 0.5) is 5.69 Å². The molecule has 35 heavy (non-hydrogen) atoms. The Morgan fingerprint density at radius 3 is 2.60 bits per heavy atom. The first-order valence-electron chi connectivity index (χ1n) is 11.7. The van der Waals surface area contributed by atoms with Gasteiger partial charge >= 0.3 is 0 Å². The number of carbonyl (C=O) groups is 2. The van der Waals surface area contributed by atoms with Crippen molar-refractivity contribution in [3.05, 3.63) is 53.1 Å². The number of methoxy groups -OCH3 is 1. The standard InChI is InChI=1S/C25H29ClN6O3/c1-16-8-13-22(35-3)21(14-16)32(17(2)25(34)27-20-6-4-5-7-20)23(33)15-31-29-24(28-30-31)18-9-11-19(26)12-10-18/h8-14,17,20H,4-7,15H2,1-3H3,(H,27,34). The minimum Gasteiger partial charge on any atom is -0.495 e. The van der Waals surface area contributed by atoms with E-state index < -0.39 is 6.04 Å². The number of hydrogen-bond donors (Lipinski definition) is 1. The van der Waals surface area contributed by atoms with E-state index in [-0.39, 0.29) is 24.4 Å². The van der Waals surface area contributed by atoms with Gasteiger partial charge in [-0.1, -0.05) is 30.5 Å². The summed E-state index contributed by atoms with van der Waals surface area (Å²) in [5.74, 6) is 0.310. The number of tetrazole rings is 1. The van der Waals surface area contributed by atoms with Crippen LogP contribution in [0, 0.1) is 6.92 Å². The highest BCUT2D eigenvalue weighted by atomic mass is 35.5. The minimum atomic E-state index is -0.766. The van der Waals surface area contributed by atoms with Gasteiger partial charge in [-0.05, 0) is 73.9 Å². The van der Waals surface area contributed by atoms with E-state index in [2.05, 4.69) is 20.7 Å². The topological polar surface area (TPSA) is 102 Å². The maximum absolute atomic E-state index is 13.6. The molecule has 0 aliphatic heterocycles. The Kier molecular flexibility index (Phi) is 7.65. The van der Waals surface area contributed by atoms with E-state index in [4.69, 9.17) is 16.3 Å². The molecule has 1 unspecified atom stereocenters. The zero-order valence-corrected chi connectivity index (χ0v) is 20.8. The van der Waals surface area contributed by atoms with Crippen molar-refractivity contribution in [3.8, 4) is 17.1 Å². The Morgan fingerprint density at radius 1 is 1.20 bits per heavy atom. The number of amides is 2. The smallest absolute Gasteiger partial charge is 0.251 e. The molecule has 184 valence electrons. The van der Waals surface area contributed by atoms with Crippen molar-refractivity contribution < 1.29 is 14.3 Å². The number of ether oxygens (including phenoxy) is 1. The van der Waals surface area contributed by atoms with Gasteiger partial charge in [-0.2, -0.15) is 4.80 Å². The molecule has 1 aliphatic carbocycles. The number of nitrogens with zero attached hydrogens (tertiary/aromatic N) is 5. The fourth-order valence-corrected chi connectivity index (χ4v) is 4.40. The normalized spacial score (nSPS) is 14.5. The minimum absolute atomic E-state index is 0.139. The molecule has 1 saturated carbocycles. The molecule has 4 rings (SSSR count). The molecule has 2 aromatic carbocycles. The van der Waals surface area contributed by atoms with Crippen molar-refractivity contribution in [2.75, 3.05) is 12.0 Å². The summed E-state index contributed by atoms with van der Waals surface area (Å²) in [6, 6.07) is 11.9. The lowest BCUT2D eigenvalue weighted by Gasteiger charge is -2.30. The van der Waals surface area contributed by atoms with Crippen molar-refractivity contribution >= 4 is 29.1 Å². The predicted octanol–water partition coefficient (Wildman–Crippen LogP) is 3.79. The summed E-state index contributed by atoms with van der Waals surface area (Å²) in [6.07, 6.45) is 4.11. The highest BCUT2D eigenvalue weighted by molar-refractivity contribution is 6.30. The summed E-state index contributed by atoms with van der Waals surface area (Å²) in [4.78, 5) is 29.5. The van der Waals surface area contributed by atoms with Crippen LogP contribution >= 0.6 is 11.6 Å². The Labute approximate surface area is 209 Å². The number of anilines is 1. The van der Waals surface area contributed by atoms with Crippen molar-refractivity contribution in [1.82, 2.24) is 25.5 Å². The predicted molar refractivity (Wildman–Crippen MR) is 133 cm³/mol. The van der Waals surface area contributed by atoms with Gasteiger partial charge in [-0.25, -0.2) is 0 Å². The van der Waals surface area contributed by atoms with Gasteiger partial charge in [-0.15, -0.1) is 10.2 Å². The Balaban J connectivity index is 1.60. The van der Waals surface area contributed by atoms with Crippen LogP contribution in [0.2, 0.25) is 5.02 Å². The van der Waals surface area contributed by atoms with Gasteiger partial charge in [0.1, 0.15) is 18.3 Å². The van der Waals surface area contributed by atoms with Gasteiger partial charge in [0.15, 0.2) is 0 Å². The average Bonchev–Trinajstić information content (AvgIpc) is 3.52. The number of aryl methyl sites for hydroxylation is 1. The number of halogens is 1. The maximum atomic E-state index is 13.6. The van der Waals surface area contributed by atoms with Gasteiger partial charge < -0.3 is 10.1 Å². The number of carbonyl (C=O) groups excluding carboxylic acids is 2. The van der Waals surface area contributed by atoms with Crippen molar-refractivity contribution in [3.63, 3.8) is 0 Å². The quantitative estimate of drug-likeness (QED) is 0.509. The summed E-state index contributed by atoms with van der Waals surface area (Å²) in [5.41, 5.74) is 2.19. The molecule has 1 fully saturated rings. The second-order valence-corrected chi connectivity index (χ2v) is 9.19. The van der Waals surface area contributed by atoms with Crippen LogP contribution in [0.1, 0.15) is 38.2 Å². The molecule has 0 bridgehead atoms. The van der Waals surface area contributed by atoms with Crippen LogP contribution in [-0.4, -0.2) is 51.2 Å². The molecular weight excluding hydrogens is 468 g/mol. The number of benzene rings is 2. The fourth-order valence-electron chi connectivity index (χ4n) is 4.28. The van der Waals surface area contributed by atoms with E-state index in [1.165, 1.54) is 16.8 Å². The third-order valence-corrected chi connectivity index (χ3v) is 6.41. The third-order valence-electron chi connectivity index (χ3n) is 6.16. The first kappa shape index (κ1) is 24.7. The van der Waals surface area contributed by atoms with Gasteiger partial charge in [0.05, 0.1) is 12.8 Å². The van der Waals surface area contributed by atoms with Gasteiger partial charge in [-0.3, -0.25) is 14.5 Å². The van der Waals surface area contributed by atoms with Gasteiger partial charge in [0.25, 0.3) is 5.91 Å². The van der Waals surface area contributed by atoms with Crippen LogP contribution in [0.15, 0.2) is 42.5 Å². The molecule has 1 aromatic heterocycles. The summed E-state index contributed by atoms with van der Waals surface area (Å²) < 4.78 is 5.53. The van der Waals surface area contributed by atoms with Gasteiger partial charge in [0, 0.05) is 16.6 Å². The highest BCUT2D eigenvalue weighted by Gasteiger charge is 2.32. The Morgan fingerprint density at radius 2 is 1.91 bits per heavy atom. The zero-order chi connectivity index (χ0) is 24.9. The lowest BCUT2D eigenvalue weighted by molar-refractivity contribution is -0.127. The summed E-state index contributed by atoms with van der Waals surface area (Å²) in [6.45, 7) is 3.45. The second kappa shape index (κ2) is 10.9. The number of nitrogens with one attached hydrogen (secondary N) is 1. The molecule has 0 spiro atoms. The first-order valence-corrected chi connectivity index (χ1v) is 12.0. The van der Waals surface area contributed by atoms with Crippen molar-refractivity contribution in [2.45, 2.75) is 58.2 Å². The van der Waals surface area contributed by atoms with Crippen molar-refractivity contribution in [2.24, 2.45) is 0 Å². The summed E-state index contributed by atoms with van der Waals surface area (Å²) in [5, 5.41) is 16.1. The van der Waals surface area contributed by atoms with Crippen LogP contribution in [-0.2, 0) is 16.1 Å². The van der Waals surface area contributed by atoms with E-state index in [0.717, 1.165) is 36.8 Å². The lowest BCUT2D eigenvalue weighted by atomic mass is 10.1. The number of rotatable bonds is 8.